The Bertz CT molecular complexity index is 632. The van der Waals surface area contributed by atoms with Gasteiger partial charge >= 0.3 is 0 Å². The van der Waals surface area contributed by atoms with E-state index in [-0.39, 0.29) is 17.4 Å². The van der Waals surface area contributed by atoms with E-state index < -0.39 is 15.8 Å². The van der Waals surface area contributed by atoms with Gasteiger partial charge in [-0.15, -0.1) is 0 Å². The van der Waals surface area contributed by atoms with Crippen LogP contribution in [-0.4, -0.2) is 36.0 Å². The van der Waals surface area contributed by atoms with Crippen LogP contribution in [0.1, 0.15) is 44.2 Å². The molecule has 0 spiro atoms. The van der Waals surface area contributed by atoms with Gasteiger partial charge in [0.05, 0.1) is 17.4 Å². The Morgan fingerprint density at radius 1 is 1.27 bits per heavy atom. The minimum atomic E-state index is -3.04. The fraction of sp³-hybridized carbons (Fsp3) is 0.733. The van der Waals surface area contributed by atoms with Crippen molar-refractivity contribution >= 4 is 21.6 Å². The molecule has 1 amide bonds. The third kappa shape index (κ3) is 3.88. The number of hydrogen-bond acceptors (Lipinski definition) is 4. The number of aromatic nitrogens is 2. The van der Waals surface area contributed by atoms with Crippen molar-refractivity contribution in [3.8, 4) is 0 Å². The van der Waals surface area contributed by atoms with Crippen molar-refractivity contribution in [2.45, 2.75) is 44.9 Å². The molecule has 1 aliphatic carbocycles. The molecule has 1 saturated heterocycles. The molecule has 1 aliphatic heterocycles. The zero-order chi connectivity index (χ0) is 15.6. The second-order valence-electron chi connectivity index (χ2n) is 6.58. The van der Waals surface area contributed by atoms with E-state index >= 15 is 0 Å². The molecule has 2 aliphatic rings. The molecular formula is C15H23N3O3S. The van der Waals surface area contributed by atoms with Crippen molar-refractivity contribution in [1.82, 2.24) is 10.2 Å². The lowest BCUT2D eigenvalue weighted by Gasteiger charge is -2.20. The number of anilines is 1. The van der Waals surface area contributed by atoms with Crippen molar-refractivity contribution in [2.75, 3.05) is 16.8 Å². The molecule has 6 nitrogen and oxygen atoms in total. The van der Waals surface area contributed by atoms with Crippen LogP contribution < -0.4 is 5.32 Å². The van der Waals surface area contributed by atoms with E-state index in [2.05, 4.69) is 15.5 Å². The summed E-state index contributed by atoms with van der Waals surface area (Å²) >= 11 is 0. The second kappa shape index (κ2) is 6.40. The summed E-state index contributed by atoms with van der Waals surface area (Å²) in [6, 6.07) is 1.87. The summed E-state index contributed by atoms with van der Waals surface area (Å²) in [6.07, 6.45) is 7.86. The summed E-state index contributed by atoms with van der Waals surface area (Å²) in [4.78, 5) is 12.1. The average Bonchev–Trinajstić information content (AvgIpc) is 3.06. The van der Waals surface area contributed by atoms with Gasteiger partial charge in [0, 0.05) is 11.8 Å². The molecule has 122 valence electrons. The number of aromatic amines is 1. The van der Waals surface area contributed by atoms with Gasteiger partial charge in [-0.1, -0.05) is 32.1 Å². The number of H-pyrrole nitrogens is 1. The number of nitrogens with zero attached hydrogens (tertiary/aromatic N) is 1. The second-order valence-corrected chi connectivity index (χ2v) is 8.80. The van der Waals surface area contributed by atoms with Crippen LogP contribution in [0.4, 0.5) is 5.82 Å². The van der Waals surface area contributed by atoms with Crippen molar-refractivity contribution in [1.29, 1.82) is 0 Å². The highest BCUT2D eigenvalue weighted by atomic mass is 32.2. The largest absolute Gasteiger partial charge is 0.309 e. The predicted molar refractivity (Wildman–Crippen MR) is 84.3 cm³/mol. The van der Waals surface area contributed by atoms with Gasteiger partial charge in [-0.05, 0) is 18.8 Å². The van der Waals surface area contributed by atoms with Crippen molar-refractivity contribution in [3.63, 3.8) is 0 Å². The van der Waals surface area contributed by atoms with Gasteiger partial charge in [0.15, 0.2) is 15.7 Å². The van der Waals surface area contributed by atoms with Gasteiger partial charge in [0.1, 0.15) is 0 Å². The molecule has 0 bridgehead atoms. The molecule has 2 heterocycles. The Morgan fingerprint density at radius 2 is 2.05 bits per heavy atom. The smallest absolute Gasteiger partial charge is 0.229 e. The summed E-state index contributed by atoms with van der Waals surface area (Å²) in [5.41, 5.74) is 1.04. The molecule has 22 heavy (non-hydrogen) atoms. The maximum Gasteiger partial charge on any atom is 0.229 e. The zero-order valence-electron chi connectivity index (χ0n) is 12.7. The maximum atomic E-state index is 12.1. The quantitative estimate of drug-likeness (QED) is 0.884. The third-order valence-electron chi connectivity index (χ3n) is 4.72. The van der Waals surface area contributed by atoms with Crippen LogP contribution in [-0.2, 0) is 21.1 Å². The Kier molecular flexibility index (Phi) is 4.52. The van der Waals surface area contributed by atoms with Crippen LogP contribution in [0.2, 0.25) is 0 Å². The molecule has 3 rings (SSSR count). The van der Waals surface area contributed by atoms with Gasteiger partial charge in [-0.2, -0.15) is 5.10 Å². The summed E-state index contributed by atoms with van der Waals surface area (Å²) in [7, 11) is -3.04. The lowest BCUT2D eigenvalue weighted by Crippen LogP contribution is -2.23. The van der Waals surface area contributed by atoms with Crippen LogP contribution in [0.25, 0.3) is 0 Å². The molecule has 1 atom stereocenters. The number of carbonyl (C=O) groups is 1. The Morgan fingerprint density at radius 3 is 2.73 bits per heavy atom. The van der Waals surface area contributed by atoms with Crippen molar-refractivity contribution < 1.29 is 13.2 Å². The van der Waals surface area contributed by atoms with Crippen molar-refractivity contribution in [2.24, 2.45) is 11.8 Å². The Balaban J connectivity index is 1.54. The number of hydrogen-bond donors (Lipinski definition) is 2. The molecule has 1 aromatic heterocycles. The molecule has 0 unspecified atom stereocenters. The van der Waals surface area contributed by atoms with E-state index in [1.165, 1.54) is 32.1 Å². The van der Waals surface area contributed by atoms with E-state index in [1.54, 1.807) is 0 Å². The minimum absolute atomic E-state index is 0.0435. The van der Waals surface area contributed by atoms with Crippen LogP contribution in [0.15, 0.2) is 6.07 Å². The van der Waals surface area contributed by atoms with Gasteiger partial charge in [0.2, 0.25) is 5.91 Å². The van der Waals surface area contributed by atoms with Crippen molar-refractivity contribution in [3.05, 3.63) is 11.8 Å². The van der Waals surface area contributed by atoms with E-state index in [4.69, 9.17) is 0 Å². The van der Waals surface area contributed by atoms with Crippen LogP contribution in [0, 0.1) is 11.8 Å². The SMILES string of the molecule is O=C(Nc1cc(CC2CCCCC2)[nH]n1)[C@H]1CCS(=O)(=O)C1. The Hall–Kier alpha value is -1.37. The summed E-state index contributed by atoms with van der Waals surface area (Å²) < 4.78 is 22.8. The zero-order valence-corrected chi connectivity index (χ0v) is 13.5. The molecule has 2 fully saturated rings. The van der Waals surface area contributed by atoms with Crippen LogP contribution >= 0.6 is 0 Å². The summed E-state index contributed by atoms with van der Waals surface area (Å²) in [5, 5.41) is 9.84. The minimum Gasteiger partial charge on any atom is -0.309 e. The first-order chi connectivity index (χ1) is 10.5. The highest BCUT2D eigenvalue weighted by molar-refractivity contribution is 7.91. The fourth-order valence-corrected chi connectivity index (χ4v) is 5.20. The van der Waals surface area contributed by atoms with Gasteiger partial charge in [0.25, 0.3) is 0 Å². The number of carbonyl (C=O) groups excluding carboxylic acids is 1. The highest BCUT2D eigenvalue weighted by Crippen LogP contribution is 2.27. The van der Waals surface area contributed by atoms with E-state index in [9.17, 15) is 13.2 Å². The molecule has 0 radical (unpaired) electrons. The standard InChI is InChI=1S/C15H23N3O3S/c19-15(12-6-7-22(20,21)10-12)16-14-9-13(17-18-14)8-11-4-2-1-3-5-11/h9,11-12H,1-8,10H2,(H2,16,17,18,19)/t12-/m0/s1. The lowest BCUT2D eigenvalue weighted by molar-refractivity contribution is -0.119. The number of rotatable bonds is 4. The fourth-order valence-electron chi connectivity index (χ4n) is 3.46. The normalized spacial score (nSPS) is 25.2. The summed E-state index contributed by atoms with van der Waals surface area (Å²) in [6.45, 7) is 0. The first-order valence-corrected chi connectivity index (χ1v) is 9.89. The van der Waals surface area contributed by atoms with Gasteiger partial charge in [-0.3, -0.25) is 9.89 Å². The summed E-state index contributed by atoms with van der Waals surface area (Å²) in [5.74, 6) is 0.592. The van der Waals surface area contributed by atoms with Crippen LogP contribution in [0.5, 0.6) is 0 Å². The average molecular weight is 325 g/mol. The van der Waals surface area contributed by atoms with E-state index in [0.717, 1.165) is 12.1 Å². The monoisotopic (exact) mass is 325 g/mol. The van der Waals surface area contributed by atoms with Gasteiger partial charge in [-0.25, -0.2) is 8.42 Å². The third-order valence-corrected chi connectivity index (χ3v) is 6.49. The molecule has 2 N–H and O–H groups in total. The first kappa shape index (κ1) is 15.5. The highest BCUT2D eigenvalue weighted by Gasteiger charge is 2.33. The lowest BCUT2D eigenvalue weighted by atomic mass is 9.86. The number of amides is 1. The molecule has 0 aromatic carbocycles. The molecule has 1 saturated carbocycles. The molecular weight excluding hydrogens is 302 g/mol. The number of sulfone groups is 1. The maximum absolute atomic E-state index is 12.1. The molecule has 7 heteroatoms. The topological polar surface area (TPSA) is 91.9 Å². The van der Waals surface area contributed by atoms with E-state index in [1.807, 2.05) is 6.07 Å². The van der Waals surface area contributed by atoms with Crippen LogP contribution in [0.3, 0.4) is 0 Å². The number of nitrogens with one attached hydrogen (secondary N) is 2. The Labute approximate surface area is 131 Å². The first-order valence-electron chi connectivity index (χ1n) is 8.07. The predicted octanol–water partition coefficient (Wildman–Crippen LogP) is 1.91. The van der Waals surface area contributed by atoms with Gasteiger partial charge < -0.3 is 5.32 Å². The van der Waals surface area contributed by atoms with E-state index in [0.29, 0.717) is 18.2 Å². The molecule has 1 aromatic rings.